The molecule has 0 fully saturated rings. The molecule has 0 aliphatic rings. The lowest BCUT2D eigenvalue weighted by molar-refractivity contribution is -0.692. The molecule has 0 aliphatic carbocycles. The van der Waals surface area contributed by atoms with Crippen LogP contribution in [-0.2, 0) is 51.9 Å². The van der Waals surface area contributed by atoms with Crippen LogP contribution in [0.25, 0.3) is 0 Å². The molecule has 5 heterocycles. The fourth-order valence-corrected chi connectivity index (χ4v) is 13.4. The smallest absolute Gasteiger partial charge is 0.222 e. The molecule has 0 amide bonds. The number of pyridine rings is 5. The largest absolute Gasteiger partial charge is 1.00 e. The molecule has 0 unspecified atom stereocenters. The molecule has 10 aromatic rings. The maximum Gasteiger partial charge on any atom is 0.222 e. The number of carbonyl (C=O) groups is 4. The fraction of sp³-hybridized carbons (Fsp3) is 0.229. The van der Waals surface area contributed by atoms with Crippen molar-refractivity contribution in [3.05, 3.63) is 302 Å². The minimum absolute atomic E-state index is 0. The molecule has 31 heteroatoms. The standard InChI is InChI=1S/C34H38N6O2S2.C30H34N6S2.C15H17N3S.C4H4Cl2O2.5ClH/c1-37(31-9-5-3-6-10-31)35-27-29-15-19-39(20-16-29)23-25-43-33(41)13-14-34(42)44-26-24-40-21-17-30(18-22-40)28-36-38(2)32-11-7-4-8-12-32;1-33(29-9-5-3-6-10-29)31-25-27-13-17-35(18-14-27)21-23-37-38-24-22-36-19-15-28(16-20-36)26-32-34(2)30-11-7-4-8-12-30;1-17(15-5-3-2-4-6-15)16-13-14-7-9-18(10-8-14)11-12-19;5-3(7)1-2-4(6)8;;;;;/h3-12,15-22,27-28H,13-14,23-26H2,1-2H3;3-20,25-26H,21-24H2,1-2H3;2-10,13H,11-12H2,1H3;1-2H2;5*1H/q2*+2;;;;;;;/p-4. The summed E-state index contributed by atoms with van der Waals surface area (Å²) in [6, 6.07) is 70.8. The highest BCUT2D eigenvalue weighted by Gasteiger charge is 2.13. The van der Waals surface area contributed by atoms with Gasteiger partial charge in [-0.25, -0.2) is 22.8 Å². The molecule has 0 saturated heterocycles. The van der Waals surface area contributed by atoms with Gasteiger partial charge in [-0.15, -0.1) is 0 Å². The molecule has 604 valence electrons. The van der Waals surface area contributed by atoms with Gasteiger partial charge in [-0.3, -0.25) is 44.2 Å². The van der Waals surface area contributed by atoms with Crippen molar-refractivity contribution in [2.24, 2.45) is 25.5 Å². The summed E-state index contributed by atoms with van der Waals surface area (Å²) in [5.41, 5.74) is 10.5. The Morgan fingerprint density at radius 1 is 0.307 bits per heavy atom. The van der Waals surface area contributed by atoms with E-state index in [1.807, 2.05) is 347 Å². The number of halogens is 7. The second kappa shape index (κ2) is 60.2. The van der Waals surface area contributed by atoms with E-state index in [0.717, 1.165) is 93.1 Å². The van der Waals surface area contributed by atoms with E-state index in [4.69, 9.17) is 23.2 Å². The maximum atomic E-state index is 12.3. The third-order valence-corrected chi connectivity index (χ3v) is 20.5. The molecular formula is C83H94Cl7N15O4S5. The summed E-state index contributed by atoms with van der Waals surface area (Å²) in [7, 11) is 13.5. The van der Waals surface area contributed by atoms with Crippen LogP contribution in [0.3, 0.4) is 0 Å². The van der Waals surface area contributed by atoms with Gasteiger partial charge in [0.15, 0.2) is 105 Å². The second-order valence-electron chi connectivity index (χ2n) is 23.9. The van der Waals surface area contributed by atoms with E-state index in [2.05, 4.69) is 101 Å². The number of hydrogen-bond donors (Lipinski definition) is 1. The molecule has 0 spiro atoms. The van der Waals surface area contributed by atoms with Crippen LogP contribution in [0, 0.1) is 0 Å². The number of thiol groups is 1. The summed E-state index contributed by atoms with van der Waals surface area (Å²) >= 11 is 16.5. The van der Waals surface area contributed by atoms with E-state index in [9.17, 15) is 19.2 Å². The van der Waals surface area contributed by atoms with Crippen LogP contribution in [0.1, 0.15) is 53.5 Å². The van der Waals surface area contributed by atoms with Crippen LogP contribution in [0.2, 0.25) is 0 Å². The number of hydrogen-bond acceptors (Lipinski definition) is 19. The van der Waals surface area contributed by atoms with Crippen LogP contribution in [0.15, 0.2) is 300 Å². The van der Waals surface area contributed by atoms with Crippen LogP contribution in [0.4, 0.5) is 28.4 Å². The van der Waals surface area contributed by atoms with E-state index in [-0.39, 0.29) is 97.9 Å². The minimum atomic E-state index is -0.529. The van der Waals surface area contributed by atoms with Gasteiger partial charge < -0.3 is 62.0 Å². The van der Waals surface area contributed by atoms with Crippen molar-refractivity contribution in [1.82, 2.24) is 0 Å². The normalized spacial score (nSPS) is 10.5. The van der Waals surface area contributed by atoms with Gasteiger partial charge in [0.2, 0.25) is 10.5 Å². The summed E-state index contributed by atoms with van der Waals surface area (Å²) in [6.45, 7) is 4.32. The molecule has 0 saturated carbocycles. The fourth-order valence-electron chi connectivity index (χ4n) is 9.43. The number of hydrazone groups is 5. The maximum absolute atomic E-state index is 12.3. The van der Waals surface area contributed by atoms with E-state index >= 15 is 0 Å². The number of benzene rings is 5. The lowest BCUT2D eigenvalue weighted by Crippen LogP contribution is -3.00. The predicted octanol–water partition coefficient (Wildman–Crippen LogP) is -0.822. The number of anilines is 5. The molecule has 10 rings (SSSR count). The average molecular weight is 1770 g/mol. The van der Waals surface area contributed by atoms with Crippen LogP contribution >= 0.6 is 80.9 Å². The Balaban J connectivity index is 0.000000570. The number of nitrogens with zero attached hydrogens (tertiary/aromatic N) is 15. The Morgan fingerprint density at radius 3 is 0.693 bits per heavy atom. The van der Waals surface area contributed by atoms with Gasteiger partial charge in [0, 0.05) is 155 Å². The Morgan fingerprint density at radius 2 is 0.500 bits per heavy atom. The average Bonchev–Trinajstić information content (AvgIpc) is 0.904. The first-order valence-electron chi connectivity index (χ1n) is 35.2. The van der Waals surface area contributed by atoms with Gasteiger partial charge in [0.05, 0.1) is 82.5 Å². The molecule has 114 heavy (non-hydrogen) atoms. The van der Waals surface area contributed by atoms with Gasteiger partial charge in [-0.05, 0) is 83.9 Å². The molecule has 19 nitrogen and oxygen atoms in total. The van der Waals surface area contributed by atoms with Gasteiger partial charge in [0.25, 0.3) is 0 Å². The Hall–Kier alpha value is -8.34. The van der Waals surface area contributed by atoms with E-state index in [1.165, 1.54) is 23.5 Å². The van der Waals surface area contributed by atoms with E-state index in [1.54, 1.807) is 0 Å². The van der Waals surface area contributed by atoms with Crippen molar-refractivity contribution in [3.63, 3.8) is 0 Å². The Bertz CT molecular complexity index is 4210. The quantitative estimate of drug-likeness (QED) is 0.00987. The van der Waals surface area contributed by atoms with Crippen molar-refractivity contribution in [1.29, 1.82) is 0 Å². The van der Waals surface area contributed by atoms with Gasteiger partial charge >= 0.3 is 0 Å². The van der Waals surface area contributed by atoms with Crippen molar-refractivity contribution >= 4 is 161 Å². The molecule has 0 radical (unpaired) electrons. The highest BCUT2D eigenvalue weighted by atomic mass is 35.5. The minimum Gasteiger partial charge on any atom is -1.00 e. The first-order chi connectivity index (χ1) is 53.0. The number of carbonyl (C=O) groups excluding carboxylic acids is 4. The molecule has 0 N–H and O–H groups in total. The number of thioether (sulfide) groups is 2. The number of aryl methyl sites for hydroxylation is 5. The molecule has 5 aromatic heterocycles. The zero-order chi connectivity index (χ0) is 77.5. The Labute approximate surface area is 734 Å². The summed E-state index contributed by atoms with van der Waals surface area (Å²) in [5.74, 6) is 4.29. The number of para-hydroxylation sites is 5. The molecule has 5 aromatic carbocycles. The summed E-state index contributed by atoms with van der Waals surface area (Å²) in [5, 5.41) is 30.8. The first-order valence-corrected chi connectivity index (χ1v) is 41.0. The monoisotopic (exact) mass is 1770 g/mol. The lowest BCUT2D eigenvalue weighted by Gasteiger charge is -2.11. The second-order valence-corrected chi connectivity index (χ2v) is 30.2. The summed E-state index contributed by atoms with van der Waals surface area (Å²) < 4.78 is 10.6. The number of aromatic nitrogens is 5. The molecule has 0 aliphatic heterocycles. The molecular weight excluding hydrogens is 1680 g/mol. The zero-order valence-corrected chi connectivity index (χ0v) is 73.3. The third kappa shape index (κ3) is 42.3. The number of rotatable bonds is 36. The predicted molar refractivity (Wildman–Crippen MR) is 459 cm³/mol. The summed E-state index contributed by atoms with van der Waals surface area (Å²) in [6.07, 6.45) is 30.4. The first kappa shape index (κ1) is 102. The highest BCUT2D eigenvalue weighted by Crippen LogP contribution is 2.21. The third-order valence-electron chi connectivity index (χ3n) is 15.7. The van der Waals surface area contributed by atoms with E-state index in [0.29, 0.717) is 24.6 Å². The van der Waals surface area contributed by atoms with Crippen molar-refractivity contribution < 1.29 is 104 Å². The SMILES string of the molecule is CN(/N=C/c1cc[n+](CCS)cc1)c1ccccc1.CN(/N=C\c1cc[n+](CCSC(=O)CCC(=O)SCC[n+]2ccc(/C=N/N(C)c3ccccc3)cc2)cc1)c1ccccc1.CN(/N=C\c1cc[n+](CCSSCC[n+]2ccc(/C=N/N(C)c3ccccc3)cc2)cc1)c1ccccc1.O=C(Cl)CCC(=O)Cl.[Cl-].[Cl-].[Cl-].[Cl-].[Cl-]. The van der Waals surface area contributed by atoms with Gasteiger partial charge in [-0.1, -0.05) is 136 Å². The Kier molecular flexibility index (Phi) is 53.7. The molecule has 0 atom stereocenters. The lowest BCUT2D eigenvalue weighted by atomic mass is 10.3. The van der Waals surface area contributed by atoms with Crippen LogP contribution in [-0.4, -0.2) is 116 Å². The zero-order valence-electron chi connectivity index (χ0n) is 63.8. The van der Waals surface area contributed by atoms with Crippen molar-refractivity contribution in [2.45, 2.75) is 58.4 Å². The van der Waals surface area contributed by atoms with Crippen LogP contribution < -0.4 is 110 Å². The molecule has 0 bridgehead atoms. The van der Waals surface area contributed by atoms with Crippen molar-refractivity contribution in [2.75, 3.05) is 89.0 Å². The highest BCUT2D eigenvalue weighted by molar-refractivity contribution is 8.76. The van der Waals surface area contributed by atoms with Gasteiger partial charge in [-0.2, -0.15) is 38.1 Å². The topological polar surface area (TPSA) is 166 Å². The van der Waals surface area contributed by atoms with Crippen molar-refractivity contribution in [3.8, 4) is 0 Å². The van der Waals surface area contributed by atoms with Crippen LogP contribution in [0.5, 0.6) is 0 Å². The summed E-state index contributed by atoms with van der Waals surface area (Å²) in [4.78, 5) is 44.4. The van der Waals surface area contributed by atoms with E-state index < -0.39 is 10.5 Å². The van der Waals surface area contributed by atoms with Gasteiger partial charge in [0.1, 0.15) is 0 Å².